The zero-order valence-electron chi connectivity index (χ0n) is 9.26. The van der Waals surface area contributed by atoms with E-state index in [2.05, 4.69) is 0 Å². The molecule has 0 aromatic heterocycles. The average molecular weight is 224 g/mol. The molecule has 0 heterocycles. The molecule has 1 aliphatic rings. The number of carbonyl (C=O) groups is 1. The van der Waals surface area contributed by atoms with Gasteiger partial charge in [-0.2, -0.15) is 0 Å². The maximum Gasteiger partial charge on any atom is 0.167 e. The number of rotatable bonds is 1. The third-order valence-corrected chi connectivity index (χ3v) is 3.32. The molecule has 0 saturated heterocycles. The van der Waals surface area contributed by atoms with E-state index in [0.29, 0.717) is 12.0 Å². The van der Waals surface area contributed by atoms with Gasteiger partial charge in [-0.25, -0.2) is 0 Å². The van der Waals surface area contributed by atoms with E-state index >= 15 is 0 Å². The Morgan fingerprint density at radius 1 is 1.00 bits per heavy atom. The Balaban J connectivity index is 2.14. The standard InChI is InChI=1S/C15H12O2/c16-13-8-4-7-11-12(9-14(17)15(11)13)10-5-2-1-3-6-10/h1-8,12,16H,9H2. The predicted molar refractivity (Wildman–Crippen MR) is 65.3 cm³/mol. The van der Waals surface area contributed by atoms with Crippen LogP contribution in [-0.4, -0.2) is 10.9 Å². The highest BCUT2D eigenvalue weighted by atomic mass is 16.3. The summed E-state index contributed by atoms with van der Waals surface area (Å²) in [7, 11) is 0. The Kier molecular flexibility index (Phi) is 2.22. The molecule has 3 rings (SSSR count). The molecular formula is C15H12O2. The Hall–Kier alpha value is -2.09. The zero-order chi connectivity index (χ0) is 11.8. The quantitative estimate of drug-likeness (QED) is 0.808. The van der Waals surface area contributed by atoms with Gasteiger partial charge in [0, 0.05) is 12.3 Å². The van der Waals surface area contributed by atoms with Crippen LogP contribution in [-0.2, 0) is 0 Å². The van der Waals surface area contributed by atoms with Crippen molar-refractivity contribution in [3.63, 3.8) is 0 Å². The van der Waals surface area contributed by atoms with Crippen molar-refractivity contribution in [1.82, 2.24) is 0 Å². The van der Waals surface area contributed by atoms with Gasteiger partial charge in [-0.15, -0.1) is 0 Å². The molecule has 2 nitrogen and oxygen atoms in total. The summed E-state index contributed by atoms with van der Waals surface area (Å²) in [5.74, 6) is 0.226. The molecule has 2 heteroatoms. The average Bonchev–Trinajstić information content (AvgIpc) is 2.69. The van der Waals surface area contributed by atoms with Gasteiger partial charge in [0.15, 0.2) is 5.78 Å². The van der Waals surface area contributed by atoms with Gasteiger partial charge >= 0.3 is 0 Å². The van der Waals surface area contributed by atoms with Crippen LogP contribution in [0.3, 0.4) is 0 Å². The van der Waals surface area contributed by atoms with Gasteiger partial charge in [-0.3, -0.25) is 4.79 Å². The highest BCUT2D eigenvalue weighted by molar-refractivity contribution is 6.04. The second-order valence-electron chi connectivity index (χ2n) is 4.33. The summed E-state index contributed by atoms with van der Waals surface area (Å²) in [4.78, 5) is 11.9. The topological polar surface area (TPSA) is 37.3 Å². The van der Waals surface area contributed by atoms with Crippen LogP contribution >= 0.6 is 0 Å². The summed E-state index contributed by atoms with van der Waals surface area (Å²) in [6, 6.07) is 15.3. The van der Waals surface area contributed by atoms with E-state index in [4.69, 9.17) is 0 Å². The van der Waals surface area contributed by atoms with E-state index in [1.807, 2.05) is 36.4 Å². The fraction of sp³-hybridized carbons (Fsp3) is 0.133. The van der Waals surface area contributed by atoms with Crippen molar-refractivity contribution in [1.29, 1.82) is 0 Å². The fourth-order valence-electron chi connectivity index (χ4n) is 2.53. The molecule has 2 aromatic carbocycles. The molecule has 17 heavy (non-hydrogen) atoms. The van der Waals surface area contributed by atoms with Crippen molar-refractivity contribution >= 4 is 5.78 Å². The highest BCUT2D eigenvalue weighted by Gasteiger charge is 2.32. The molecule has 0 spiro atoms. The number of phenols is 1. The van der Waals surface area contributed by atoms with Crippen LogP contribution in [0.2, 0.25) is 0 Å². The molecule has 2 aromatic rings. The first-order chi connectivity index (χ1) is 8.27. The number of fused-ring (bicyclic) bond motifs is 1. The minimum absolute atomic E-state index is 0.0342. The largest absolute Gasteiger partial charge is 0.507 e. The smallest absolute Gasteiger partial charge is 0.167 e. The van der Waals surface area contributed by atoms with Gasteiger partial charge < -0.3 is 5.11 Å². The second kappa shape index (κ2) is 3.74. The SMILES string of the molecule is O=C1CC(c2ccccc2)c2cccc(O)c21. The van der Waals surface area contributed by atoms with Gasteiger partial charge in [0.05, 0.1) is 5.56 Å². The summed E-state index contributed by atoms with van der Waals surface area (Å²) >= 11 is 0. The fourth-order valence-corrected chi connectivity index (χ4v) is 2.53. The number of aromatic hydroxyl groups is 1. The summed E-state index contributed by atoms with van der Waals surface area (Å²) in [6.07, 6.45) is 0.455. The van der Waals surface area contributed by atoms with E-state index in [1.54, 1.807) is 12.1 Å². The van der Waals surface area contributed by atoms with E-state index in [1.165, 1.54) is 0 Å². The zero-order valence-corrected chi connectivity index (χ0v) is 9.26. The van der Waals surface area contributed by atoms with Gasteiger partial charge in [0.25, 0.3) is 0 Å². The lowest BCUT2D eigenvalue weighted by molar-refractivity contribution is 0.0989. The van der Waals surface area contributed by atoms with Crippen molar-refractivity contribution in [3.05, 3.63) is 65.2 Å². The third-order valence-electron chi connectivity index (χ3n) is 3.32. The van der Waals surface area contributed by atoms with E-state index in [9.17, 15) is 9.90 Å². The number of Topliss-reactive ketones (excluding diaryl/α,β-unsaturated/α-hetero) is 1. The molecule has 0 bridgehead atoms. The Labute approximate surface area is 99.5 Å². The molecular weight excluding hydrogens is 212 g/mol. The van der Waals surface area contributed by atoms with Crippen molar-refractivity contribution in [2.75, 3.05) is 0 Å². The van der Waals surface area contributed by atoms with E-state index < -0.39 is 0 Å². The minimum Gasteiger partial charge on any atom is -0.507 e. The summed E-state index contributed by atoms with van der Waals surface area (Å²) < 4.78 is 0. The molecule has 1 aliphatic carbocycles. The summed E-state index contributed by atoms with van der Waals surface area (Å²) in [6.45, 7) is 0. The number of carbonyl (C=O) groups excluding carboxylic acids is 1. The Bertz CT molecular complexity index is 573. The molecule has 1 unspecified atom stereocenters. The normalized spacial score (nSPS) is 18.1. The summed E-state index contributed by atoms with van der Waals surface area (Å²) in [5, 5.41) is 9.75. The number of hydrogen-bond donors (Lipinski definition) is 1. The molecule has 0 saturated carbocycles. The van der Waals surface area contributed by atoms with Crippen molar-refractivity contribution in [2.45, 2.75) is 12.3 Å². The first-order valence-corrected chi connectivity index (χ1v) is 5.67. The van der Waals surface area contributed by atoms with Crippen molar-refractivity contribution < 1.29 is 9.90 Å². The van der Waals surface area contributed by atoms with Crippen LogP contribution in [0.5, 0.6) is 5.75 Å². The van der Waals surface area contributed by atoms with Gasteiger partial charge in [0.2, 0.25) is 0 Å². The first-order valence-electron chi connectivity index (χ1n) is 5.67. The Morgan fingerprint density at radius 3 is 2.53 bits per heavy atom. The number of phenolic OH excluding ortho intramolecular Hbond substituents is 1. The minimum atomic E-state index is 0.0342. The van der Waals surface area contributed by atoms with Gasteiger partial charge in [-0.05, 0) is 17.2 Å². The lowest BCUT2D eigenvalue weighted by Crippen LogP contribution is -1.95. The maximum atomic E-state index is 11.9. The van der Waals surface area contributed by atoms with Gasteiger partial charge in [-0.1, -0.05) is 42.5 Å². The molecule has 1 N–H and O–H groups in total. The van der Waals surface area contributed by atoms with Crippen LogP contribution in [0.25, 0.3) is 0 Å². The van der Waals surface area contributed by atoms with Crippen LogP contribution in [0, 0.1) is 0 Å². The highest BCUT2D eigenvalue weighted by Crippen LogP contribution is 2.41. The number of ketones is 1. The van der Waals surface area contributed by atoms with Crippen LogP contribution in [0.4, 0.5) is 0 Å². The van der Waals surface area contributed by atoms with Gasteiger partial charge in [0.1, 0.15) is 5.75 Å². The van der Waals surface area contributed by atoms with Crippen LogP contribution in [0.1, 0.15) is 33.8 Å². The third kappa shape index (κ3) is 1.53. The Morgan fingerprint density at radius 2 is 1.76 bits per heavy atom. The molecule has 0 aliphatic heterocycles. The number of hydrogen-bond acceptors (Lipinski definition) is 2. The van der Waals surface area contributed by atoms with E-state index in [-0.39, 0.29) is 17.5 Å². The molecule has 0 amide bonds. The second-order valence-corrected chi connectivity index (χ2v) is 4.33. The van der Waals surface area contributed by atoms with Crippen molar-refractivity contribution in [3.8, 4) is 5.75 Å². The first kappa shape index (κ1) is 10.1. The monoisotopic (exact) mass is 224 g/mol. The molecule has 1 atom stereocenters. The number of benzene rings is 2. The molecule has 0 fully saturated rings. The summed E-state index contributed by atoms with van der Waals surface area (Å²) in [5.41, 5.74) is 2.58. The predicted octanol–water partition coefficient (Wildman–Crippen LogP) is 3.11. The van der Waals surface area contributed by atoms with Crippen LogP contribution in [0.15, 0.2) is 48.5 Å². The maximum absolute atomic E-state index is 11.9. The molecule has 0 radical (unpaired) electrons. The lowest BCUT2D eigenvalue weighted by atomic mass is 9.93. The van der Waals surface area contributed by atoms with Crippen LogP contribution < -0.4 is 0 Å². The molecule has 84 valence electrons. The lowest BCUT2D eigenvalue weighted by Gasteiger charge is -2.10. The van der Waals surface area contributed by atoms with E-state index in [0.717, 1.165) is 11.1 Å². The van der Waals surface area contributed by atoms with Crippen molar-refractivity contribution in [2.24, 2.45) is 0 Å².